The Morgan fingerprint density at radius 2 is 1.76 bits per heavy atom. The second-order valence-corrected chi connectivity index (χ2v) is 4.37. The first-order valence-corrected chi connectivity index (χ1v) is 5.94. The summed E-state index contributed by atoms with van der Waals surface area (Å²) < 4.78 is 0. The standard InChI is InChI=1S/C14H19NO2/c1-4-12(16)15-13(10(2)3)14(17)11-8-6-5-7-9-11/h5-10,13H,4H2,1-3H3,(H,15,16). The highest BCUT2D eigenvalue weighted by molar-refractivity contribution is 6.02. The van der Waals surface area contributed by atoms with Crippen molar-refractivity contribution in [1.82, 2.24) is 5.32 Å². The highest BCUT2D eigenvalue weighted by Gasteiger charge is 2.24. The molecule has 0 aliphatic heterocycles. The molecule has 1 amide bonds. The molecule has 1 aromatic carbocycles. The summed E-state index contributed by atoms with van der Waals surface area (Å²) in [7, 11) is 0. The van der Waals surface area contributed by atoms with Crippen LogP contribution in [0.2, 0.25) is 0 Å². The third-order valence-electron chi connectivity index (χ3n) is 2.65. The van der Waals surface area contributed by atoms with Gasteiger partial charge in [-0.2, -0.15) is 0 Å². The predicted octanol–water partition coefficient (Wildman–Crippen LogP) is 2.42. The van der Waals surface area contributed by atoms with Gasteiger partial charge in [-0.1, -0.05) is 51.1 Å². The Kier molecular flexibility index (Phi) is 4.88. The lowest BCUT2D eigenvalue weighted by Gasteiger charge is -2.20. The van der Waals surface area contributed by atoms with Gasteiger partial charge in [0.15, 0.2) is 5.78 Å². The first kappa shape index (κ1) is 13.4. The molecule has 0 fully saturated rings. The monoisotopic (exact) mass is 233 g/mol. The van der Waals surface area contributed by atoms with Crippen molar-refractivity contribution >= 4 is 11.7 Å². The molecule has 17 heavy (non-hydrogen) atoms. The fourth-order valence-corrected chi connectivity index (χ4v) is 1.59. The van der Waals surface area contributed by atoms with Crippen LogP contribution in [-0.2, 0) is 4.79 Å². The highest BCUT2D eigenvalue weighted by atomic mass is 16.2. The first-order chi connectivity index (χ1) is 8.06. The van der Waals surface area contributed by atoms with Crippen LogP contribution in [0.25, 0.3) is 0 Å². The zero-order chi connectivity index (χ0) is 12.8. The van der Waals surface area contributed by atoms with E-state index in [-0.39, 0.29) is 17.6 Å². The summed E-state index contributed by atoms with van der Waals surface area (Å²) in [6, 6.07) is 8.63. The van der Waals surface area contributed by atoms with Crippen LogP contribution in [0.5, 0.6) is 0 Å². The van der Waals surface area contributed by atoms with Crippen molar-refractivity contribution < 1.29 is 9.59 Å². The molecule has 0 aliphatic rings. The Morgan fingerprint density at radius 3 is 2.24 bits per heavy atom. The Bertz CT molecular complexity index is 384. The molecule has 1 rings (SSSR count). The van der Waals surface area contributed by atoms with Crippen molar-refractivity contribution in [3.63, 3.8) is 0 Å². The van der Waals surface area contributed by atoms with E-state index in [1.807, 2.05) is 32.0 Å². The van der Waals surface area contributed by atoms with Gasteiger partial charge in [0.1, 0.15) is 0 Å². The minimum Gasteiger partial charge on any atom is -0.346 e. The molecule has 0 saturated heterocycles. The largest absolute Gasteiger partial charge is 0.346 e. The molecule has 0 bridgehead atoms. The Morgan fingerprint density at radius 1 is 1.18 bits per heavy atom. The molecule has 1 N–H and O–H groups in total. The SMILES string of the molecule is CCC(=O)NC(C(=O)c1ccccc1)C(C)C. The van der Waals surface area contributed by atoms with Crippen molar-refractivity contribution in [3.8, 4) is 0 Å². The van der Waals surface area contributed by atoms with Gasteiger partial charge in [0.05, 0.1) is 6.04 Å². The number of hydrogen-bond acceptors (Lipinski definition) is 2. The van der Waals surface area contributed by atoms with Crippen LogP contribution in [0.1, 0.15) is 37.6 Å². The lowest BCUT2D eigenvalue weighted by molar-refractivity contribution is -0.121. The maximum absolute atomic E-state index is 12.2. The van der Waals surface area contributed by atoms with E-state index in [9.17, 15) is 9.59 Å². The summed E-state index contributed by atoms with van der Waals surface area (Å²) in [5.74, 6) is -0.0337. The molecule has 92 valence electrons. The number of amides is 1. The number of rotatable bonds is 5. The highest BCUT2D eigenvalue weighted by Crippen LogP contribution is 2.10. The molecular formula is C14H19NO2. The first-order valence-electron chi connectivity index (χ1n) is 5.94. The molecule has 1 atom stereocenters. The zero-order valence-corrected chi connectivity index (χ0v) is 10.6. The van der Waals surface area contributed by atoms with E-state index in [1.54, 1.807) is 19.1 Å². The van der Waals surface area contributed by atoms with Crippen molar-refractivity contribution in [3.05, 3.63) is 35.9 Å². The average Bonchev–Trinajstić information content (AvgIpc) is 2.35. The fraction of sp³-hybridized carbons (Fsp3) is 0.429. The number of hydrogen-bond donors (Lipinski definition) is 1. The van der Waals surface area contributed by atoms with Gasteiger partial charge in [-0.05, 0) is 5.92 Å². The van der Waals surface area contributed by atoms with Crippen molar-refractivity contribution in [2.24, 2.45) is 5.92 Å². The fourth-order valence-electron chi connectivity index (χ4n) is 1.59. The normalized spacial score (nSPS) is 12.2. The third kappa shape index (κ3) is 3.70. The number of Topliss-reactive ketones (excluding diaryl/α,β-unsaturated/α-hetero) is 1. The lowest BCUT2D eigenvalue weighted by Crippen LogP contribution is -2.44. The molecule has 0 radical (unpaired) electrons. The number of nitrogens with one attached hydrogen (secondary N) is 1. The van der Waals surface area contributed by atoms with E-state index < -0.39 is 6.04 Å². The van der Waals surface area contributed by atoms with Crippen LogP contribution in [0.3, 0.4) is 0 Å². The average molecular weight is 233 g/mol. The van der Waals surface area contributed by atoms with Crippen molar-refractivity contribution in [2.75, 3.05) is 0 Å². The van der Waals surface area contributed by atoms with E-state index in [2.05, 4.69) is 5.32 Å². The van der Waals surface area contributed by atoms with E-state index in [4.69, 9.17) is 0 Å². The van der Waals surface area contributed by atoms with Gasteiger partial charge in [0, 0.05) is 12.0 Å². The quantitative estimate of drug-likeness (QED) is 0.794. The molecule has 0 spiro atoms. The summed E-state index contributed by atoms with van der Waals surface area (Å²) >= 11 is 0. The van der Waals surface area contributed by atoms with Gasteiger partial charge in [-0.15, -0.1) is 0 Å². The molecule has 3 nitrogen and oxygen atoms in total. The number of carbonyl (C=O) groups is 2. The molecule has 1 unspecified atom stereocenters. The third-order valence-corrected chi connectivity index (χ3v) is 2.65. The number of benzene rings is 1. The van der Waals surface area contributed by atoms with Crippen LogP contribution < -0.4 is 5.32 Å². The van der Waals surface area contributed by atoms with Crippen LogP contribution in [0, 0.1) is 5.92 Å². The predicted molar refractivity (Wildman–Crippen MR) is 67.8 cm³/mol. The summed E-state index contributed by atoms with van der Waals surface area (Å²) in [5.41, 5.74) is 0.641. The van der Waals surface area contributed by atoms with Gasteiger partial charge >= 0.3 is 0 Å². The Hall–Kier alpha value is -1.64. The van der Waals surface area contributed by atoms with Gasteiger partial charge in [0.2, 0.25) is 5.91 Å². The maximum Gasteiger partial charge on any atom is 0.220 e. The van der Waals surface area contributed by atoms with E-state index >= 15 is 0 Å². The van der Waals surface area contributed by atoms with Crippen LogP contribution >= 0.6 is 0 Å². The minimum absolute atomic E-state index is 0.0256. The van der Waals surface area contributed by atoms with Crippen LogP contribution in [0.4, 0.5) is 0 Å². The smallest absolute Gasteiger partial charge is 0.220 e. The molecule has 3 heteroatoms. The summed E-state index contributed by atoms with van der Waals surface area (Å²) in [4.78, 5) is 23.6. The molecular weight excluding hydrogens is 214 g/mol. The van der Waals surface area contributed by atoms with Gasteiger partial charge in [-0.3, -0.25) is 9.59 Å². The summed E-state index contributed by atoms with van der Waals surface area (Å²) in [6.07, 6.45) is 0.394. The van der Waals surface area contributed by atoms with Crippen molar-refractivity contribution in [1.29, 1.82) is 0 Å². The molecule has 0 saturated carbocycles. The van der Waals surface area contributed by atoms with E-state index in [1.165, 1.54) is 0 Å². The maximum atomic E-state index is 12.2. The molecule has 0 heterocycles. The van der Waals surface area contributed by atoms with Crippen LogP contribution in [0.15, 0.2) is 30.3 Å². The summed E-state index contributed by atoms with van der Waals surface area (Å²) in [6.45, 7) is 5.64. The zero-order valence-electron chi connectivity index (χ0n) is 10.6. The lowest BCUT2D eigenvalue weighted by atomic mass is 9.95. The van der Waals surface area contributed by atoms with Crippen molar-refractivity contribution in [2.45, 2.75) is 33.2 Å². The van der Waals surface area contributed by atoms with E-state index in [0.717, 1.165) is 0 Å². The van der Waals surface area contributed by atoms with Gasteiger partial charge < -0.3 is 5.32 Å². The number of carbonyl (C=O) groups excluding carboxylic acids is 2. The Balaban J connectivity index is 2.85. The summed E-state index contributed by atoms with van der Waals surface area (Å²) in [5, 5.41) is 2.78. The molecule has 1 aromatic rings. The number of ketones is 1. The Labute approximate surface area is 102 Å². The van der Waals surface area contributed by atoms with Gasteiger partial charge in [-0.25, -0.2) is 0 Å². The van der Waals surface area contributed by atoms with E-state index in [0.29, 0.717) is 12.0 Å². The van der Waals surface area contributed by atoms with Crippen LogP contribution in [-0.4, -0.2) is 17.7 Å². The molecule has 0 aromatic heterocycles. The second kappa shape index (κ2) is 6.18. The second-order valence-electron chi connectivity index (χ2n) is 4.37. The molecule has 0 aliphatic carbocycles. The minimum atomic E-state index is -0.440. The van der Waals surface area contributed by atoms with Gasteiger partial charge in [0.25, 0.3) is 0 Å². The topological polar surface area (TPSA) is 46.2 Å².